The number of piperidine rings is 1. The maximum atomic E-state index is 13.7. The monoisotopic (exact) mass is 525 g/mol. The number of hydrogen-bond acceptors (Lipinski definition) is 5. The molecule has 38 heavy (non-hydrogen) atoms. The Morgan fingerprint density at radius 2 is 1.74 bits per heavy atom. The number of carboxylic acid groups (broad SMARTS) is 1. The standard InChI is InChI=1S/C28H26F3N3O4/c1-18-14-23(19-6-10-32-11-7-19)21(15-24(18)28(29,30)31)16-33-12-8-27(9-13-33)17-34(26(37)38-27)22-4-2-20(3-5-22)25(35)36/h2-7,10-11,14-15H,8-9,12-13,16-17H2,1H3,(H,35,36). The zero-order valence-electron chi connectivity index (χ0n) is 20.7. The molecule has 1 N–H and O–H groups in total. The zero-order chi connectivity index (χ0) is 27.1. The van der Waals surface area contributed by atoms with Crippen LogP contribution in [0.15, 0.2) is 60.9 Å². The summed E-state index contributed by atoms with van der Waals surface area (Å²) < 4.78 is 46.9. The highest BCUT2D eigenvalue weighted by atomic mass is 19.4. The molecule has 10 heteroatoms. The van der Waals surface area contributed by atoms with Gasteiger partial charge >= 0.3 is 18.2 Å². The topological polar surface area (TPSA) is 83.0 Å². The molecule has 0 saturated carbocycles. The molecule has 0 radical (unpaired) electrons. The largest absolute Gasteiger partial charge is 0.478 e. The van der Waals surface area contributed by atoms with E-state index in [1.807, 2.05) is 0 Å². The number of halogens is 3. The van der Waals surface area contributed by atoms with Crippen LogP contribution in [0.1, 0.15) is 39.9 Å². The van der Waals surface area contributed by atoms with Crippen LogP contribution in [-0.2, 0) is 17.5 Å². The number of aromatic carboxylic acids is 1. The fourth-order valence-corrected chi connectivity index (χ4v) is 5.21. The summed E-state index contributed by atoms with van der Waals surface area (Å²) >= 11 is 0. The number of nitrogens with zero attached hydrogens (tertiary/aromatic N) is 3. The van der Waals surface area contributed by atoms with Crippen molar-refractivity contribution in [3.63, 3.8) is 0 Å². The predicted octanol–water partition coefficient (Wildman–Crippen LogP) is 5.77. The van der Waals surface area contributed by atoms with Crippen molar-refractivity contribution in [2.24, 2.45) is 0 Å². The van der Waals surface area contributed by atoms with Crippen molar-refractivity contribution in [3.05, 3.63) is 83.2 Å². The Morgan fingerprint density at radius 3 is 2.34 bits per heavy atom. The minimum Gasteiger partial charge on any atom is -0.478 e. The van der Waals surface area contributed by atoms with Crippen molar-refractivity contribution in [2.45, 2.75) is 38.1 Å². The van der Waals surface area contributed by atoms with Gasteiger partial charge < -0.3 is 9.84 Å². The van der Waals surface area contributed by atoms with E-state index in [0.717, 1.165) is 11.1 Å². The molecule has 1 aromatic heterocycles. The van der Waals surface area contributed by atoms with Crippen molar-refractivity contribution in [3.8, 4) is 11.1 Å². The number of alkyl halides is 3. The number of carbonyl (C=O) groups excluding carboxylic acids is 1. The van der Waals surface area contributed by atoms with Gasteiger partial charge in [0.25, 0.3) is 0 Å². The third kappa shape index (κ3) is 5.08. The van der Waals surface area contributed by atoms with E-state index >= 15 is 0 Å². The highest BCUT2D eigenvalue weighted by Crippen LogP contribution is 2.39. The van der Waals surface area contributed by atoms with Crippen LogP contribution in [0.3, 0.4) is 0 Å². The SMILES string of the molecule is Cc1cc(-c2ccncc2)c(CN2CCC3(CC2)CN(c2ccc(C(=O)O)cc2)C(=O)O3)cc1C(F)(F)F. The van der Waals surface area contributed by atoms with E-state index in [0.29, 0.717) is 50.3 Å². The second kappa shape index (κ2) is 9.75. The molecule has 2 aliphatic rings. The number of aromatic nitrogens is 1. The van der Waals surface area contributed by atoms with Crippen LogP contribution >= 0.6 is 0 Å². The molecule has 1 spiro atoms. The number of carboxylic acids is 1. The van der Waals surface area contributed by atoms with E-state index < -0.39 is 29.4 Å². The molecule has 0 unspecified atom stereocenters. The normalized spacial score (nSPS) is 17.6. The summed E-state index contributed by atoms with van der Waals surface area (Å²) in [6, 6.07) is 12.4. The highest BCUT2D eigenvalue weighted by molar-refractivity contribution is 5.92. The van der Waals surface area contributed by atoms with Gasteiger partial charge in [-0.3, -0.25) is 14.8 Å². The molecule has 2 saturated heterocycles. The second-order valence-electron chi connectivity index (χ2n) is 9.82. The third-order valence-corrected chi connectivity index (χ3v) is 7.30. The number of carbonyl (C=O) groups is 2. The van der Waals surface area contributed by atoms with E-state index in [4.69, 9.17) is 9.84 Å². The third-order valence-electron chi connectivity index (χ3n) is 7.30. The minimum atomic E-state index is -4.45. The van der Waals surface area contributed by atoms with E-state index in [2.05, 4.69) is 9.88 Å². The van der Waals surface area contributed by atoms with Gasteiger partial charge in [0.15, 0.2) is 0 Å². The molecule has 3 heterocycles. The summed E-state index contributed by atoms with van der Waals surface area (Å²) in [6.45, 7) is 3.22. The van der Waals surface area contributed by atoms with Crippen LogP contribution < -0.4 is 4.90 Å². The maximum Gasteiger partial charge on any atom is 0.416 e. The highest BCUT2D eigenvalue weighted by Gasteiger charge is 2.47. The van der Waals surface area contributed by atoms with Crippen molar-refractivity contribution in [1.29, 1.82) is 0 Å². The van der Waals surface area contributed by atoms with Crippen molar-refractivity contribution < 1.29 is 32.6 Å². The van der Waals surface area contributed by atoms with Gasteiger partial charge in [-0.25, -0.2) is 9.59 Å². The smallest absolute Gasteiger partial charge is 0.416 e. The summed E-state index contributed by atoms with van der Waals surface area (Å²) in [5, 5.41) is 9.10. The summed E-state index contributed by atoms with van der Waals surface area (Å²) in [5.74, 6) is -1.05. The number of hydrogen-bond donors (Lipinski definition) is 1. The van der Waals surface area contributed by atoms with Gasteiger partial charge in [0.05, 0.1) is 17.7 Å². The van der Waals surface area contributed by atoms with E-state index in [1.165, 1.54) is 30.0 Å². The average Bonchev–Trinajstić information content (AvgIpc) is 3.21. The molecule has 2 aliphatic heterocycles. The fourth-order valence-electron chi connectivity index (χ4n) is 5.21. The molecule has 2 aromatic carbocycles. The fraction of sp³-hybridized carbons (Fsp3) is 0.321. The van der Waals surface area contributed by atoms with E-state index in [1.54, 1.807) is 42.7 Å². The van der Waals surface area contributed by atoms with E-state index in [-0.39, 0.29) is 11.1 Å². The van der Waals surface area contributed by atoms with Gasteiger partial charge in [-0.1, -0.05) is 6.07 Å². The van der Waals surface area contributed by atoms with Crippen LogP contribution in [-0.4, -0.2) is 52.3 Å². The van der Waals surface area contributed by atoms with Crippen LogP contribution in [0.5, 0.6) is 0 Å². The summed E-state index contributed by atoms with van der Waals surface area (Å²) in [6.07, 6.45) is -0.644. The first-order chi connectivity index (χ1) is 18.0. The summed E-state index contributed by atoms with van der Waals surface area (Å²) in [7, 11) is 0. The molecule has 3 aromatic rings. The quantitative estimate of drug-likeness (QED) is 0.456. The van der Waals surface area contributed by atoms with E-state index in [9.17, 15) is 22.8 Å². The second-order valence-corrected chi connectivity index (χ2v) is 9.82. The van der Waals surface area contributed by atoms with Gasteiger partial charge in [-0.2, -0.15) is 13.2 Å². The van der Waals surface area contributed by atoms with Gasteiger partial charge in [-0.15, -0.1) is 0 Å². The van der Waals surface area contributed by atoms with Gasteiger partial charge in [0, 0.05) is 50.6 Å². The van der Waals surface area contributed by atoms with Gasteiger partial charge in [0.2, 0.25) is 0 Å². The predicted molar refractivity (Wildman–Crippen MR) is 134 cm³/mol. The number of anilines is 1. The molecule has 198 valence electrons. The van der Waals surface area contributed by atoms with Crippen LogP contribution in [0.4, 0.5) is 23.7 Å². The van der Waals surface area contributed by atoms with Crippen LogP contribution in [0.25, 0.3) is 11.1 Å². The Balaban J connectivity index is 1.32. The Labute approximate surface area is 217 Å². The molecule has 2 fully saturated rings. The summed E-state index contributed by atoms with van der Waals surface area (Å²) in [5.41, 5.74) is 1.62. The number of rotatable bonds is 5. The van der Waals surface area contributed by atoms with Crippen molar-refractivity contribution in [2.75, 3.05) is 24.5 Å². The van der Waals surface area contributed by atoms with Gasteiger partial charge in [-0.05, 0) is 71.6 Å². The molecule has 0 bridgehead atoms. The minimum absolute atomic E-state index is 0.125. The first-order valence-electron chi connectivity index (χ1n) is 12.2. The number of ether oxygens (including phenoxy) is 1. The Bertz CT molecular complexity index is 1350. The lowest BCUT2D eigenvalue weighted by molar-refractivity contribution is -0.138. The zero-order valence-corrected chi connectivity index (χ0v) is 20.7. The number of amides is 1. The number of benzene rings is 2. The lowest BCUT2D eigenvalue weighted by Gasteiger charge is -2.37. The van der Waals surface area contributed by atoms with Crippen molar-refractivity contribution >= 4 is 17.7 Å². The summed E-state index contributed by atoms with van der Waals surface area (Å²) in [4.78, 5) is 31.4. The Morgan fingerprint density at radius 1 is 1.08 bits per heavy atom. The molecule has 5 rings (SSSR count). The first-order valence-corrected chi connectivity index (χ1v) is 12.2. The first kappa shape index (κ1) is 25.7. The molecular weight excluding hydrogens is 499 g/mol. The number of pyridine rings is 1. The lowest BCUT2D eigenvalue weighted by atomic mass is 9.90. The molecular formula is C28H26F3N3O4. The number of likely N-dealkylation sites (tertiary alicyclic amines) is 1. The maximum absolute atomic E-state index is 13.7. The lowest BCUT2D eigenvalue weighted by Crippen LogP contribution is -2.46. The van der Waals surface area contributed by atoms with Crippen LogP contribution in [0, 0.1) is 6.92 Å². The molecule has 1 amide bonds. The molecule has 0 aliphatic carbocycles. The molecule has 0 atom stereocenters. The Kier molecular flexibility index (Phi) is 6.60. The average molecular weight is 526 g/mol. The number of aryl methyl sites for hydroxylation is 1. The van der Waals surface area contributed by atoms with Crippen molar-refractivity contribution in [1.82, 2.24) is 9.88 Å². The Hall–Kier alpha value is -3.92. The van der Waals surface area contributed by atoms with Gasteiger partial charge in [0.1, 0.15) is 5.60 Å². The molecule has 7 nitrogen and oxygen atoms in total. The van der Waals surface area contributed by atoms with Crippen LogP contribution in [0.2, 0.25) is 0 Å².